The standard InChI is InChI=1S/C17H22ClN3OS.2ClH/c1-20-9-11-21(12-10-20)8-4-7-19-17(22)16-15(18)13-5-2-3-6-14(13)23-16;;/h2-3,5-6H,4,7-12H2,1H3,(H,19,22);2*1H. The number of nitrogens with zero attached hydrogens (tertiary/aromatic N) is 2. The van der Waals surface area contributed by atoms with Crippen molar-refractivity contribution in [2.45, 2.75) is 6.42 Å². The number of carbonyl (C=O) groups is 1. The molecule has 1 aliphatic rings. The van der Waals surface area contributed by atoms with Crippen molar-refractivity contribution in [3.8, 4) is 0 Å². The van der Waals surface area contributed by atoms with E-state index in [9.17, 15) is 4.79 Å². The van der Waals surface area contributed by atoms with E-state index in [1.807, 2.05) is 24.3 Å². The number of rotatable bonds is 5. The molecule has 0 saturated carbocycles. The molecule has 2 heterocycles. The van der Waals surface area contributed by atoms with Gasteiger partial charge in [0.25, 0.3) is 5.91 Å². The van der Waals surface area contributed by atoms with E-state index in [-0.39, 0.29) is 30.7 Å². The van der Waals surface area contributed by atoms with Gasteiger partial charge in [-0.1, -0.05) is 29.8 Å². The molecule has 1 amide bonds. The average Bonchev–Trinajstić information content (AvgIpc) is 2.90. The van der Waals surface area contributed by atoms with Gasteiger partial charge in [-0.05, 0) is 26.1 Å². The molecule has 1 aromatic carbocycles. The Kier molecular flexibility index (Phi) is 9.49. The Bertz CT molecular complexity index is 687. The third-order valence-corrected chi connectivity index (χ3v) is 5.95. The van der Waals surface area contributed by atoms with E-state index in [1.54, 1.807) is 0 Å². The molecular formula is C17H24Cl3N3OS. The summed E-state index contributed by atoms with van der Waals surface area (Å²) in [6.07, 6.45) is 0.970. The fourth-order valence-electron chi connectivity index (χ4n) is 2.82. The minimum Gasteiger partial charge on any atom is -0.351 e. The van der Waals surface area contributed by atoms with E-state index in [0.717, 1.165) is 49.2 Å². The van der Waals surface area contributed by atoms with Gasteiger partial charge in [-0.25, -0.2) is 0 Å². The molecular weight excluding hydrogens is 401 g/mol. The van der Waals surface area contributed by atoms with Gasteiger partial charge in [0, 0.05) is 42.8 Å². The fourth-order valence-corrected chi connectivity index (χ4v) is 4.25. The molecule has 0 atom stereocenters. The van der Waals surface area contributed by atoms with Crippen molar-refractivity contribution < 1.29 is 4.79 Å². The minimum absolute atomic E-state index is 0. The van der Waals surface area contributed by atoms with Crippen molar-refractivity contribution in [2.24, 2.45) is 0 Å². The fraction of sp³-hybridized carbons (Fsp3) is 0.471. The van der Waals surface area contributed by atoms with Crippen molar-refractivity contribution in [3.63, 3.8) is 0 Å². The molecule has 0 spiro atoms. The molecule has 1 aromatic heterocycles. The number of hydrogen-bond donors (Lipinski definition) is 1. The van der Waals surface area contributed by atoms with Gasteiger partial charge >= 0.3 is 0 Å². The molecule has 140 valence electrons. The topological polar surface area (TPSA) is 35.6 Å². The van der Waals surface area contributed by atoms with E-state index in [2.05, 4.69) is 22.2 Å². The van der Waals surface area contributed by atoms with Gasteiger partial charge in [0.05, 0.1) is 5.02 Å². The lowest BCUT2D eigenvalue weighted by Gasteiger charge is -2.32. The summed E-state index contributed by atoms with van der Waals surface area (Å²) in [6.45, 7) is 6.22. The number of nitrogens with one attached hydrogen (secondary N) is 1. The van der Waals surface area contributed by atoms with Crippen LogP contribution < -0.4 is 5.32 Å². The zero-order valence-electron chi connectivity index (χ0n) is 14.2. The summed E-state index contributed by atoms with van der Waals surface area (Å²) in [5.41, 5.74) is 0. The van der Waals surface area contributed by atoms with Crippen LogP contribution in [0, 0.1) is 0 Å². The van der Waals surface area contributed by atoms with Crippen molar-refractivity contribution in [1.82, 2.24) is 15.1 Å². The van der Waals surface area contributed by atoms with Gasteiger partial charge in [0.1, 0.15) is 4.88 Å². The number of carbonyl (C=O) groups excluding carboxylic acids is 1. The molecule has 0 radical (unpaired) electrons. The highest BCUT2D eigenvalue weighted by molar-refractivity contribution is 7.21. The smallest absolute Gasteiger partial charge is 0.262 e. The molecule has 4 nitrogen and oxygen atoms in total. The van der Waals surface area contributed by atoms with Crippen LogP contribution in [-0.4, -0.2) is 62.0 Å². The van der Waals surface area contributed by atoms with Crippen LogP contribution in [0.5, 0.6) is 0 Å². The molecule has 0 bridgehead atoms. The first kappa shape index (κ1) is 22.5. The van der Waals surface area contributed by atoms with Crippen LogP contribution in [0.15, 0.2) is 24.3 Å². The van der Waals surface area contributed by atoms with E-state index in [0.29, 0.717) is 16.4 Å². The lowest BCUT2D eigenvalue weighted by atomic mass is 10.2. The maximum atomic E-state index is 12.3. The summed E-state index contributed by atoms with van der Waals surface area (Å²) in [4.78, 5) is 17.7. The van der Waals surface area contributed by atoms with Crippen LogP contribution in [0.4, 0.5) is 0 Å². The average molecular weight is 425 g/mol. The lowest BCUT2D eigenvalue weighted by molar-refractivity contribution is 0.0953. The second-order valence-corrected chi connectivity index (χ2v) is 7.43. The van der Waals surface area contributed by atoms with Crippen LogP contribution in [0.1, 0.15) is 16.1 Å². The number of halogens is 3. The minimum atomic E-state index is -0.0606. The maximum Gasteiger partial charge on any atom is 0.262 e. The summed E-state index contributed by atoms with van der Waals surface area (Å²) in [6, 6.07) is 7.86. The van der Waals surface area contributed by atoms with Crippen molar-refractivity contribution >= 4 is 63.7 Å². The summed E-state index contributed by atoms with van der Waals surface area (Å²) < 4.78 is 1.06. The Morgan fingerprint density at radius 3 is 2.56 bits per heavy atom. The van der Waals surface area contributed by atoms with Gasteiger partial charge in [0.15, 0.2) is 0 Å². The molecule has 0 aliphatic carbocycles. The van der Waals surface area contributed by atoms with Gasteiger partial charge in [-0.15, -0.1) is 36.2 Å². The number of benzene rings is 1. The highest BCUT2D eigenvalue weighted by Gasteiger charge is 2.17. The Morgan fingerprint density at radius 2 is 1.88 bits per heavy atom. The maximum absolute atomic E-state index is 12.3. The molecule has 1 saturated heterocycles. The van der Waals surface area contributed by atoms with Crippen LogP contribution in [0.2, 0.25) is 5.02 Å². The van der Waals surface area contributed by atoms with Crippen LogP contribution in [-0.2, 0) is 0 Å². The van der Waals surface area contributed by atoms with Crippen molar-refractivity contribution in [2.75, 3.05) is 46.3 Å². The van der Waals surface area contributed by atoms with Crippen LogP contribution in [0.25, 0.3) is 10.1 Å². The number of amides is 1. The van der Waals surface area contributed by atoms with Crippen LogP contribution in [0.3, 0.4) is 0 Å². The Hall–Kier alpha value is -0.560. The molecule has 2 aromatic rings. The lowest BCUT2D eigenvalue weighted by Crippen LogP contribution is -2.45. The van der Waals surface area contributed by atoms with Crippen molar-refractivity contribution in [3.05, 3.63) is 34.2 Å². The van der Waals surface area contributed by atoms with E-state index in [4.69, 9.17) is 11.6 Å². The molecule has 3 rings (SSSR count). The number of likely N-dealkylation sites (N-methyl/N-ethyl adjacent to an activating group) is 1. The zero-order chi connectivity index (χ0) is 16.2. The van der Waals surface area contributed by atoms with E-state index < -0.39 is 0 Å². The third-order valence-electron chi connectivity index (χ3n) is 4.27. The normalized spacial score (nSPS) is 15.4. The summed E-state index contributed by atoms with van der Waals surface area (Å²) >= 11 is 7.80. The first-order chi connectivity index (χ1) is 11.1. The number of hydrogen-bond acceptors (Lipinski definition) is 4. The molecule has 1 N–H and O–H groups in total. The predicted octanol–water partition coefficient (Wildman–Crippen LogP) is 3.77. The van der Waals surface area contributed by atoms with Gasteiger partial charge in [-0.3, -0.25) is 4.79 Å². The van der Waals surface area contributed by atoms with Gasteiger partial charge < -0.3 is 15.1 Å². The van der Waals surface area contributed by atoms with E-state index >= 15 is 0 Å². The second kappa shape index (κ2) is 10.6. The molecule has 1 aliphatic heterocycles. The Morgan fingerprint density at radius 1 is 1.20 bits per heavy atom. The largest absolute Gasteiger partial charge is 0.351 e. The first-order valence-electron chi connectivity index (χ1n) is 8.01. The zero-order valence-corrected chi connectivity index (χ0v) is 17.4. The SMILES string of the molecule is CN1CCN(CCCNC(=O)c2sc3ccccc3c2Cl)CC1.Cl.Cl. The van der Waals surface area contributed by atoms with E-state index in [1.165, 1.54) is 11.3 Å². The molecule has 0 unspecified atom stereocenters. The molecule has 1 fully saturated rings. The molecule has 8 heteroatoms. The van der Waals surface area contributed by atoms with Crippen molar-refractivity contribution in [1.29, 1.82) is 0 Å². The second-order valence-electron chi connectivity index (χ2n) is 6.00. The van der Waals surface area contributed by atoms with Gasteiger partial charge in [0.2, 0.25) is 0 Å². The monoisotopic (exact) mass is 423 g/mol. The molecule has 25 heavy (non-hydrogen) atoms. The summed E-state index contributed by atoms with van der Waals surface area (Å²) in [5.74, 6) is -0.0606. The summed E-state index contributed by atoms with van der Waals surface area (Å²) in [7, 11) is 2.16. The third kappa shape index (κ3) is 5.71. The summed E-state index contributed by atoms with van der Waals surface area (Å²) in [5, 5.41) is 4.53. The number of piperazine rings is 1. The predicted molar refractivity (Wildman–Crippen MR) is 112 cm³/mol. The Labute approximate surface area is 170 Å². The quantitative estimate of drug-likeness (QED) is 0.742. The first-order valence-corrected chi connectivity index (χ1v) is 9.21. The highest BCUT2D eigenvalue weighted by Crippen LogP contribution is 2.34. The van der Waals surface area contributed by atoms with Crippen LogP contribution >= 0.6 is 47.8 Å². The number of thiophene rings is 1. The van der Waals surface area contributed by atoms with Gasteiger partial charge in [-0.2, -0.15) is 0 Å². The highest BCUT2D eigenvalue weighted by atomic mass is 35.5. The Balaban J connectivity index is 0.00000156. The number of fused-ring (bicyclic) bond motifs is 1.